The van der Waals surface area contributed by atoms with Crippen LogP contribution in [0.1, 0.15) is 6.42 Å². The first kappa shape index (κ1) is 7.41. The lowest BCUT2D eigenvalue weighted by atomic mass is 9.80. The average molecular weight is 214 g/mol. The molecule has 0 saturated heterocycles. The topological polar surface area (TPSA) is 20.2 Å². The van der Waals surface area contributed by atoms with E-state index >= 15 is 0 Å². The van der Waals surface area contributed by atoms with E-state index in [2.05, 4.69) is 0 Å². The van der Waals surface area contributed by atoms with E-state index < -0.39 is 0 Å². The second-order valence-corrected chi connectivity index (χ2v) is 8.18. The second-order valence-electron chi connectivity index (χ2n) is 8.18. The van der Waals surface area contributed by atoms with E-state index in [1.54, 1.807) is 6.42 Å². The highest BCUT2D eigenvalue weighted by atomic mass is 16.3. The molecule has 12 atom stereocenters. The van der Waals surface area contributed by atoms with Crippen molar-refractivity contribution in [2.75, 3.05) is 6.61 Å². The molecular formula is C15H18O. The van der Waals surface area contributed by atoms with Crippen molar-refractivity contribution in [3.05, 3.63) is 0 Å². The zero-order valence-electron chi connectivity index (χ0n) is 9.37. The smallest absolute Gasteiger partial charge is 0.0464 e. The minimum absolute atomic E-state index is 0.531. The van der Waals surface area contributed by atoms with E-state index in [0.29, 0.717) is 6.61 Å². The maximum Gasteiger partial charge on any atom is 0.0464 e. The van der Waals surface area contributed by atoms with Gasteiger partial charge < -0.3 is 5.11 Å². The van der Waals surface area contributed by atoms with Gasteiger partial charge in [-0.2, -0.15) is 0 Å². The number of hydrogen-bond donors (Lipinski definition) is 1. The van der Waals surface area contributed by atoms with Crippen molar-refractivity contribution in [1.29, 1.82) is 0 Å². The molecule has 0 aromatic rings. The SMILES string of the molecule is OCC1C2[C@@H]3[C@H]4C5CC6[C@H]4[C@H]2[C@@H]2C1[C@H]3[C@H]5[C@H]62. The van der Waals surface area contributed by atoms with Crippen LogP contribution in [-0.4, -0.2) is 11.7 Å². The molecule has 16 heavy (non-hydrogen) atoms. The fourth-order valence-corrected chi connectivity index (χ4v) is 10.0. The van der Waals surface area contributed by atoms with E-state index in [0.717, 1.165) is 41.4 Å². The predicted molar refractivity (Wildman–Crippen MR) is 57.1 cm³/mol. The molecule has 8 rings (SSSR count). The minimum atomic E-state index is 0.531. The van der Waals surface area contributed by atoms with Gasteiger partial charge in [-0.15, -0.1) is 0 Å². The third kappa shape index (κ3) is 0.386. The van der Waals surface area contributed by atoms with Crippen molar-refractivity contribution in [2.45, 2.75) is 6.42 Å². The summed E-state index contributed by atoms with van der Waals surface area (Å²) in [7, 11) is 0. The van der Waals surface area contributed by atoms with Crippen LogP contribution in [0.25, 0.3) is 0 Å². The molecule has 0 aliphatic heterocycles. The van der Waals surface area contributed by atoms with Gasteiger partial charge >= 0.3 is 0 Å². The first-order chi connectivity index (χ1) is 7.93. The highest BCUT2D eigenvalue weighted by Crippen LogP contribution is 2.93. The van der Waals surface area contributed by atoms with Gasteiger partial charge in [0.05, 0.1) is 0 Å². The summed E-state index contributed by atoms with van der Waals surface area (Å²) in [6, 6.07) is 0. The van der Waals surface area contributed by atoms with E-state index in [1.165, 1.54) is 35.5 Å². The highest BCUT2D eigenvalue weighted by Gasteiger charge is 2.90. The molecule has 1 heteroatoms. The Morgan fingerprint density at radius 2 is 1.06 bits per heavy atom. The molecular weight excluding hydrogens is 196 g/mol. The molecule has 1 nitrogen and oxygen atoms in total. The number of hydrogen-bond acceptors (Lipinski definition) is 1. The Hall–Kier alpha value is -0.0400. The molecule has 4 unspecified atom stereocenters. The zero-order chi connectivity index (χ0) is 9.92. The van der Waals surface area contributed by atoms with Crippen LogP contribution in [0.15, 0.2) is 0 Å². The molecule has 8 aliphatic rings. The highest BCUT2D eigenvalue weighted by molar-refractivity contribution is 5.37. The first-order valence-electron chi connectivity index (χ1n) is 7.54. The number of aliphatic hydroxyl groups excluding tert-OH is 1. The Kier molecular flexibility index (Phi) is 0.804. The normalized spacial score (nSPS) is 90.2. The van der Waals surface area contributed by atoms with Crippen LogP contribution in [-0.2, 0) is 0 Å². The predicted octanol–water partition coefficient (Wildman–Crippen LogP) is 1.47. The van der Waals surface area contributed by atoms with Crippen molar-refractivity contribution in [3.63, 3.8) is 0 Å². The molecule has 1 N–H and O–H groups in total. The molecule has 8 saturated carbocycles. The van der Waals surface area contributed by atoms with Crippen LogP contribution in [0.5, 0.6) is 0 Å². The average Bonchev–Trinajstić information content (AvgIpc) is 2.96. The summed E-state index contributed by atoms with van der Waals surface area (Å²) in [5, 5.41) is 9.75. The Morgan fingerprint density at radius 3 is 1.44 bits per heavy atom. The van der Waals surface area contributed by atoms with Gasteiger partial charge in [-0.1, -0.05) is 0 Å². The van der Waals surface area contributed by atoms with Crippen LogP contribution >= 0.6 is 0 Å². The fraction of sp³-hybridized carbons (Fsp3) is 1.00. The molecule has 8 aliphatic carbocycles. The first-order valence-corrected chi connectivity index (χ1v) is 7.54. The molecule has 0 aromatic heterocycles. The molecule has 0 radical (unpaired) electrons. The minimum Gasteiger partial charge on any atom is -0.396 e. The largest absolute Gasteiger partial charge is 0.396 e. The zero-order valence-corrected chi connectivity index (χ0v) is 9.37. The maximum atomic E-state index is 9.75. The monoisotopic (exact) mass is 214 g/mol. The van der Waals surface area contributed by atoms with Gasteiger partial charge in [0.15, 0.2) is 0 Å². The van der Waals surface area contributed by atoms with E-state index in [4.69, 9.17) is 0 Å². The number of rotatable bonds is 1. The van der Waals surface area contributed by atoms with Crippen molar-refractivity contribution >= 4 is 0 Å². The van der Waals surface area contributed by atoms with Gasteiger partial charge in [-0.3, -0.25) is 0 Å². The van der Waals surface area contributed by atoms with E-state index in [1.807, 2.05) is 0 Å². The Morgan fingerprint density at radius 1 is 0.625 bits per heavy atom. The summed E-state index contributed by atoms with van der Waals surface area (Å²) in [6.45, 7) is 0.531. The summed E-state index contributed by atoms with van der Waals surface area (Å²) >= 11 is 0. The second kappa shape index (κ2) is 1.74. The standard InChI is InChI=1S/C15H18O/c16-2-5-10-12-6-3-1-4-8(6)14(10)15-9(4)7(3)13(12)11(5)15/h3-16H,1-2H2/t3?,4?,5?,6-,7+,8+,9-,10?,11?,12-,13+,14+,15-. The van der Waals surface area contributed by atoms with Crippen LogP contribution in [0.4, 0.5) is 0 Å². The van der Waals surface area contributed by atoms with Gasteiger partial charge in [0.2, 0.25) is 0 Å². The lowest BCUT2D eigenvalue weighted by Gasteiger charge is -2.25. The Labute approximate surface area is 95.6 Å². The third-order valence-electron chi connectivity index (χ3n) is 9.05. The van der Waals surface area contributed by atoms with Crippen LogP contribution in [0.2, 0.25) is 0 Å². The fourth-order valence-electron chi connectivity index (χ4n) is 10.0. The van der Waals surface area contributed by atoms with Gasteiger partial charge in [0.25, 0.3) is 0 Å². The number of aliphatic hydroxyl groups is 1. The molecule has 0 aromatic carbocycles. The van der Waals surface area contributed by atoms with Gasteiger partial charge in [-0.05, 0) is 83.4 Å². The van der Waals surface area contributed by atoms with Crippen LogP contribution in [0, 0.1) is 76.9 Å². The summed E-state index contributed by atoms with van der Waals surface area (Å²) in [6.07, 6.45) is 1.65. The van der Waals surface area contributed by atoms with Gasteiger partial charge in [0, 0.05) is 6.61 Å². The molecule has 8 fully saturated rings. The molecule has 0 spiro atoms. The quantitative estimate of drug-likeness (QED) is 0.701. The molecule has 0 heterocycles. The summed E-state index contributed by atoms with van der Waals surface area (Å²) < 4.78 is 0. The molecule has 84 valence electrons. The maximum absolute atomic E-state index is 9.75. The Bertz CT molecular complexity index is 361. The lowest BCUT2D eigenvalue weighted by Crippen LogP contribution is -2.21. The van der Waals surface area contributed by atoms with Gasteiger partial charge in [0.1, 0.15) is 0 Å². The van der Waals surface area contributed by atoms with Crippen molar-refractivity contribution in [2.24, 2.45) is 76.9 Å². The summed E-state index contributed by atoms with van der Waals surface area (Å²) in [5.41, 5.74) is 0. The van der Waals surface area contributed by atoms with Crippen molar-refractivity contribution in [3.8, 4) is 0 Å². The molecule has 0 amide bonds. The Balaban J connectivity index is 1.63. The summed E-state index contributed by atoms with van der Waals surface area (Å²) in [5.74, 6) is 14.4. The van der Waals surface area contributed by atoms with Gasteiger partial charge in [-0.25, -0.2) is 0 Å². The van der Waals surface area contributed by atoms with E-state index in [-0.39, 0.29) is 0 Å². The van der Waals surface area contributed by atoms with E-state index in [9.17, 15) is 5.11 Å². The lowest BCUT2D eigenvalue weighted by molar-refractivity contribution is 0.172. The van der Waals surface area contributed by atoms with Crippen molar-refractivity contribution in [1.82, 2.24) is 0 Å². The third-order valence-corrected chi connectivity index (χ3v) is 9.05. The van der Waals surface area contributed by atoms with Crippen molar-refractivity contribution < 1.29 is 5.11 Å². The van der Waals surface area contributed by atoms with Crippen LogP contribution < -0.4 is 0 Å². The van der Waals surface area contributed by atoms with Crippen LogP contribution in [0.3, 0.4) is 0 Å². The molecule has 4 bridgehead atoms. The summed E-state index contributed by atoms with van der Waals surface area (Å²) in [4.78, 5) is 0.